The number of rotatable bonds is 8. The average molecular weight is 289 g/mol. The van der Waals surface area contributed by atoms with Gasteiger partial charge < -0.3 is 16.4 Å². The first kappa shape index (κ1) is 15.5. The maximum Gasteiger partial charge on any atom is 0.236 e. The van der Waals surface area contributed by atoms with Crippen molar-refractivity contribution in [3.63, 3.8) is 0 Å². The number of nitrogens with one attached hydrogen (secondary N) is 2. The van der Waals surface area contributed by atoms with Gasteiger partial charge in [-0.3, -0.25) is 9.59 Å². The Morgan fingerprint density at radius 1 is 1.14 bits per heavy atom. The molecule has 1 atom stereocenters. The summed E-state index contributed by atoms with van der Waals surface area (Å²) in [7, 11) is 0. The van der Waals surface area contributed by atoms with Crippen molar-refractivity contribution in [3.8, 4) is 0 Å². The first-order valence-corrected chi connectivity index (χ1v) is 7.52. The number of nitrogens with two attached hydrogens (primary N) is 1. The van der Waals surface area contributed by atoms with Crippen molar-refractivity contribution in [1.82, 2.24) is 10.6 Å². The topological polar surface area (TPSA) is 84.2 Å². The van der Waals surface area contributed by atoms with E-state index in [4.69, 9.17) is 5.73 Å². The van der Waals surface area contributed by atoms with E-state index in [0.717, 1.165) is 19.3 Å². The van der Waals surface area contributed by atoms with E-state index in [9.17, 15) is 9.59 Å². The summed E-state index contributed by atoms with van der Waals surface area (Å²) in [5.74, 6) is 0.137. The monoisotopic (exact) mass is 289 g/mol. The molecule has 1 aliphatic carbocycles. The van der Waals surface area contributed by atoms with E-state index in [0.29, 0.717) is 19.5 Å². The number of hydrogen-bond acceptors (Lipinski definition) is 3. The van der Waals surface area contributed by atoms with Gasteiger partial charge in [-0.1, -0.05) is 30.3 Å². The summed E-state index contributed by atoms with van der Waals surface area (Å²) in [6, 6.07) is 9.46. The summed E-state index contributed by atoms with van der Waals surface area (Å²) in [5, 5.41) is 5.56. The van der Waals surface area contributed by atoms with E-state index < -0.39 is 6.04 Å². The lowest BCUT2D eigenvalue weighted by Crippen LogP contribution is -2.43. The van der Waals surface area contributed by atoms with Crippen LogP contribution >= 0.6 is 0 Å². The molecule has 2 amide bonds. The lowest BCUT2D eigenvalue weighted by atomic mass is 10.1. The molecule has 0 aromatic heterocycles. The highest BCUT2D eigenvalue weighted by atomic mass is 16.2. The SMILES string of the molecule is NC(CCc1ccccc1)C(=O)NCCNC(=O)C1CC1. The minimum Gasteiger partial charge on any atom is -0.354 e. The van der Waals surface area contributed by atoms with E-state index in [1.807, 2.05) is 30.3 Å². The number of benzene rings is 1. The average Bonchev–Trinajstić information content (AvgIpc) is 3.34. The zero-order valence-electron chi connectivity index (χ0n) is 12.2. The number of carbonyl (C=O) groups is 2. The van der Waals surface area contributed by atoms with Crippen molar-refractivity contribution >= 4 is 11.8 Å². The number of carbonyl (C=O) groups excluding carboxylic acids is 2. The van der Waals surface area contributed by atoms with Gasteiger partial charge in [0.15, 0.2) is 0 Å². The molecule has 1 unspecified atom stereocenters. The van der Waals surface area contributed by atoms with Gasteiger partial charge in [-0.05, 0) is 31.2 Å². The summed E-state index contributed by atoms with van der Waals surface area (Å²) in [5.41, 5.74) is 7.04. The molecule has 21 heavy (non-hydrogen) atoms. The van der Waals surface area contributed by atoms with Crippen molar-refractivity contribution in [2.45, 2.75) is 31.7 Å². The van der Waals surface area contributed by atoms with Gasteiger partial charge in [0.25, 0.3) is 0 Å². The van der Waals surface area contributed by atoms with Crippen LogP contribution in [0.5, 0.6) is 0 Å². The molecule has 5 nitrogen and oxygen atoms in total. The fraction of sp³-hybridized carbons (Fsp3) is 0.500. The summed E-state index contributed by atoms with van der Waals surface area (Å²) >= 11 is 0. The van der Waals surface area contributed by atoms with Crippen molar-refractivity contribution in [3.05, 3.63) is 35.9 Å². The summed E-state index contributed by atoms with van der Waals surface area (Å²) in [4.78, 5) is 23.2. The number of aryl methyl sites for hydroxylation is 1. The smallest absolute Gasteiger partial charge is 0.236 e. The molecule has 1 aromatic rings. The van der Waals surface area contributed by atoms with Crippen LogP contribution in [0.2, 0.25) is 0 Å². The molecule has 5 heteroatoms. The Kier molecular flexibility index (Phi) is 5.75. The van der Waals surface area contributed by atoms with Crippen LogP contribution in [0.25, 0.3) is 0 Å². The molecule has 1 aromatic carbocycles. The second-order valence-corrected chi connectivity index (χ2v) is 5.49. The standard InChI is InChI=1S/C16H23N3O2/c17-14(9-6-12-4-2-1-3-5-12)16(21)19-11-10-18-15(20)13-7-8-13/h1-5,13-14H,6-11,17H2,(H,18,20)(H,19,21). The van der Waals surface area contributed by atoms with Gasteiger partial charge in [0, 0.05) is 19.0 Å². The molecule has 0 radical (unpaired) electrons. The Morgan fingerprint density at radius 2 is 1.81 bits per heavy atom. The van der Waals surface area contributed by atoms with Crippen LogP contribution in [0.3, 0.4) is 0 Å². The Hall–Kier alpha value is -1.88. The lowest BCUT2D eigenvalue weighted by Gasteiger charge is -2.12. The fourth-order valence-electron chi connectivity index (χ4n) is 2.09. The Morgan fingerprint density at radius 3 is 2.48 bits per heavy atom. The molecule has 114 valence electrons. The van der Waals surface area contributed by atoms with Crippen molar-refractivity contribution in [1.29, 1.82) is 0 Å². The van der Waals surface area contributed by atoms with Crippen molar-refractivity contribution < 1.29 is 9.59 Å². The van der Waals surface area contributed by atoms with E-state index in [-0.39, 0.29) is 17.7 Å². The van der Waals surface area contributed by atoms with Crippen LogP contribution in [0, 0.1) is 5.92 Å². The van der Waals surface area contributed by atoms with Gasteiger partial charge in [0.1, 0.15) is 0 Å². The second kappa shape index (κ2) is 7.78. The second-order valence-electron chi connectivity index (χ2n) is 5.49. The van der Waals surface area contributed by atoms with Gasteiger partial charge in [-0.2, -0.15) is 0 Å². The van der Waals surface area contributed by atoms with Crippen LogP contribution < -0.4 is 16.4 Å². The van der Waals surface area contributed by atoms with Crippen LogP contribution in [0.15, 0.2) is 30.3 Å². The lowest BCUT2D eigenvalue weighted by molar-refractivity contribution is -0.124. The molecule has 0 saturated heterocycles. The Labute approximate surface area is 125 Å². The molecule has 1 aliphatic rings. The third-order valence-corrected chi connectivity index (χ3v) is 3.60. The maximum absolute atomic E-state index is 11.8. The minimum absolute atomic E-state index is 0.0950. The van der Waals surface area contributed by atoms with E-state index in [1.54, 1.807) is 0 Å². The Bertz CT molecular complexity index is 472. The van der Waals surface area contributed by atoms with E-state index in [2.05, 4.69) is 10.6 Å². The highest BCUT2D eigenvalue weighted by molar-refractivity contribution is 5.82. The fourth-order valence-corrected chi connectivity index (χ4v) is 2.09. The van der Waals surface area contributed by atoms with Crippen molar-refractivity contribution in [2.75, 3.05) is 13.1 Å². The summed E-state index contributed by atoms with van der Waals surface area (Å²) in [6.45, 7) is 0.892. The highest BCUT2D eigenvalue weighted by Gasteiger charge is 2.29. The molecule has 1 saturated carbocycles. The van der Waals surface area contributed by atoms with E-state index in [1.165, 1.54) is 5.56 Å². The molecule has 0 heterocycles. The van der Waals surface area contributed by atoms with Crippen LogP contribution in [-0.4, -0.2) is 30.9 Å². The molecule has 0 aliphatic heterocycles. The molecule has 4 N–H and O–H groups in total. The maximum atomic E-state index is 11.8. The number of amides is 2. The first-order chi connectivity index (χ1) is 10.2. The van der Waals surface area contributed by atoms with Crippen LogP contribution in [-0.2, 0) is 16.0 Å². The van der Waals surface area contributed by atoms with Gasteiger partial charge >= 0.3 is 0 Å². The molecule has 0 bridgehead atoms. The van der Waals surface area contributed by atoms with Crippen LogP contribution in [0.4, 0.5) is 0 Å². The van der Waals surface area contributed by atoms with Gasteiger partial charge in [-0.15, -0.1) is 0 Å². The van der Waals surface area contributed by atoms with Gasteiger partial charge in [0.2, 0.25) is 11.8 Å². The summed E-state index contributed by atoms with van der Waals surface area (Å²) < 4.78 is 0. The van der Waals surface area contributed by atoms with Crippen LogP contribution in [0.1, 0.15) is 24.8 Å². The molecule has 1 fully saturated rings. The van der Waals surface area contributed by atoms with E-state index >= 15 is 0 Å². The van der Waals surface area contributed by atoms with Gasteiger partial charge in [0.05, 0.1) is 6.04 Å². The van der Waals surface area contributed by atoms with Crippen molar-refractivity contribution in [2.24, 2.45) is 11.7 Å². The molecular formula is C16H23N3O2. The zero-order chi connectivity index (χ0) is 15.1. The third-order valence-electron chi connectivity index (χ3n) is 3.60. The number of hydrogen-bond donors (Lipinski definition) is 3. The predicted molar refractivity (Wildman–Crippen MR) is 81.5 cm³/mol. The summed E-state index contributed by atoms with van der Waals surface area (Å²) in [6.07, 6.45) is 3.38. The highest BCUT2D eigenvalue weighted by Crippen LogP contribution is 2.28. The zero-order valence-corrected chi connectivity index (χ0v) is 12.2. The Balaban J connectivity index is 1.57. The minimum atomic E-state index is -0.510. The normalized spacial score (nSPS) is 15.3. The first-order valence-electron chi connectivity index (χ1n) is 7.52. The third kappa shape index (κ3) is 5.55. The quantitative estimate of drug-likeness (QED) is 0.612. The predicted octanol–water partition coefficient (Wildman–Crippen LogP) is 0.589. The largest absolute Gasteiger partial charge is 0.354 e. The van der Waals surface area contributed by atoms with Gasteiger partial charge in [-0.25, -0.2) is 0 Å². The molecule has 0 spiro atoms. The molecular weight excluding hydrogens is 266 g/mol. The molecule has 2 rings (SSSR count).